The second kappa shape index (κ2) is 9.17. The van der Waals surface area contributed by atoms with E-state index in [4.69, 9.17) is 14.2 Å². The first-order chi connectivity index (χ1) is 13.6. The SMILES string of the molecule is COc1ccc(N2CCN(C(=O)/C=C/c3ccc(OC)cc3OC)CC2)cc1. The highest BCUT2D eigenvalue weighted by Crippen LogP contribution is 2.26. The van der Waals surface area contributed by atoms with Gasteiger partial charge < -0.3 is 24.0 Å². The van der Waals surface area contributed by atoms with Gasteiger partial charge in [-0.15, -0.1) is 0 Å². The third-order valence-electron chi connectivity index (χ3n) is 4.88. The zero-order valence-corrected chi connectivity index (χ0v) is 16.6. The third-order valence-corrected chi connectivity index (χ3v) is 4.88. The van der Waals surface area contributed by atoms with Crippen LogP contribution in [0.4, 0.5) is 5.69 Å². The molecular weight excluding hydrogens is 356 g/mol. The number of piperazine rings is 1. The number of amides is 1. The quantitative estimate of drug-likeness (QED) is 0.719. The third kappa shape index (κ3) is 4.57. The monoisotopic (exact) mass is 382 g/mol. The van der Waals surface area contributed by atoms with Crippen molar-refractivity contribution in [2.75, 3.05) is 52.4 Å². The van der Waals surface area contributed by atoms with E-state index in [0.29, 0.717) is 18.8 Å². The van der Waals surface area contributed by atoms with Crippen molar-refractivity contribution in [3.63, 3.8) is 0 Å². The molecule has 0 bridgehead atoms. The number of anilines is 1. The van der Waals surface area contributed by atoms with Gasteiger partial charge in [-0.3, -0.25) is 4.79 Å². The molecule has 1 saturated heterocycles. The fourth-order valence-electron chi connectivity index (χ4n) is 3.20. The molecule has 1 heterocycles. The second-order valence-electron chi connectivity index (χ2n) is 6.45. The maximum atomic E-state index is 12.6. The van der Waals surface area contributed by atoms with Crippen LogP contribution in [0.2, 0.25) is 0 Å². The van der Waals surface area contributed by atoms with Crippen molar-refractivity contribution < 1.29 is 19.0 Å². The van der Waals surface area contributed by atoms with Crippen LogP contribution in [0.3, 0.4) is 0 Å². The molecule has 2 aromatic rings. The van der Waals surface area contributed by atoms with Crippen LogP contribution in [0.15, 0.2) is 48.5 Å². The molecular formula is C22H26N2O4. The maximum Gasteiger partial charge on any atom is 0.246 e. The van der Waals surface area contributed by atoms with E-state index in [1.165, 1.54) is 0 Å². The fraction of sp³-hybridized carbons (Fsp3) is 0.318. The van der Waals surface area contributed by atoms with Crippen LogP contribution in [0.25, 0.3) is 6.08 Å². The number of nitrogens with zero attached hydrogens (tertiary/aromatic N) is 2. The Morgan fingerprint density at radius 2 is 1.50 bits per heavy atom. The maximum absolute atomic E-state index is 12.6. The van der Waals surface area contributed by atoms with Crippen molar-refractivity contribution in [1.29, 1.82) is 0 Å². The van der Waals surface area contributed by atoms with Crippen LogP contribution >= 0.6 is 0 Å². The van der Waals surface area contributed by atoms with Gasteiger partial charge in [0.2, 0.25) is 5.91 Å². The summed E-state index contributed by atoms with van der Waals surface area (Å²) < 4.78 is 15.8. The van der Waals surface area contributed by atoms with Gasteiger partial charge in [0.05, 0.1) is 21.3 Å². The van der Waals surface area contributed by atoms with Crippen LogP contribution < -0.4 is 19.1 Å². The molecule has 0 saturated carbocycles. The van der Waals surface area contributed by atoms with Crippen LogP contribution in [-0.2, 0) is 4.79 Å². The zero-order valence-electron chi connectivity index (χ0n) is 16.6. The van der Waals surface area contributed by atoms with Crippen LogP contribution in [0, 0.1) is 0 Å². The predicted molar refractivity (Wildman–Crippen MR) is 110 cm³/mol. The van der Waals surface area contributed by atoms with E-state index in [0.717, 1.165) is 35.8 Å². The van der Waals surface area contributed by atoms with E-state index in [9.17, 15) is 4.79 Å². The summed E-state index contributed by atoms with van der Waals surface area (Å²) in [5.74, 6) is 2.24. The highest BCUT2D eigenvalue weighted by Gasteiger charge is 2.20. The van der Waals surface area contributed by atoms with Crippen molar-refractivity contribution in [3.05, 3.63) is 54.1 Å². The summed E-state index contributed by atoms with van der Waals surface area (Å²) in [5, 5.41) is 0. The minimum absolute atomic E-state index is 0.00671. The first-order valence-electron chi connectivity index (χ1n) is 9.22. The summed E-state index contributed by atoms with van der Waals surface area (Å²) in [4.78, 5) is 16.7. The minimum atomic E-state index is 0.00671. The molecule has 0 radical (unpaired) electrons. The molecule has 0 atom stereocenters. The van der Waals surface area contributed by atoms with E-state index >= 15 is 0 Å². The zero-order chi connectivity index (χ0) is 19.9. The molecule has 1 aliphatic rings. The van der Waals surface area contributed by atoms with E-state index in [2.05, 4.69) is 4.90 Å². The molecule has 1 fully saturated rings. The Morgan fingerprint density at radius 3 is 2.11 bits per heavy atom. The molecule has 0 aliphatic carbocycles. The van der Waals surface area contributed by atoms with E-state index in [-0.39, 0.29) is 5.91 Å². The average molecular weight is 382 g/mol. The number of carbonyl (C=O) groups is 1. The van der Waals surface area contributed by atoms with E-state index in [1.807, 2.05) is 41.3 Å². The number of methoxy groups -OCH3 is 3. The summed E-state index contributed by atoms with van der Waals surface area (Å²) in [7, 11) is 4.88. The largest absolute Gasteiger partial charge is 0.497 e. The first-order valence-corrected chi connectivity index (χ1v) is 9.22. The number of benzene rings is 2. The lowest BCUT2D eigenvalue weighted by Gasteiger charge is -2.35. The molecule has 0 aromatic heterocycles. The minimum Gasteiger partial charge on any atom is -0.497 e. The molecule has 6 nitrogen and oxygen atoms in total. The Morgan fingerprint density at radius 1 is 0.857 bits per heavy atom. The first kappa shape index (κ1) is 19.6. The van der Waals surface area contributed by atoms with Gasteiger partial charge in [-0.05, 0) is 42.5 Å². The van der Waals surface area contributed by atoms with Crippen LogP contribution in [-0.4, -0.2) is 58.3 Å². The van der Waals surface area contributed by atoms with Crippen molar-refractivity contribution >= 4 is 17.7 Å². The van der Waals surface area contributed by atoms with E-state index in [1.54, 1.807) is 39.5 Å². The van der Waals surface area contributed by atoms with Gasteiger partial charge in [0, 0.05) is 49.6 Å². The summed E-state index contributed by atoms with van der Waals surface area (Å²) in [5.41, 5.74) is 1.99. The van der Waals surface area contributed by atoms with Gasteiger partial charge in [-0.25, -0.2) is 0 Å². The molecule has 1 amide bonds. The summed E-state index contributed by atoms with van der Waals surface area (Å²) >= 11 is 0. The molecule has 6 heteroatoms. The normalized spacial score (nSPS) is 14.2. The van der Waals surface area contributed by atoms with Crippen molar-refractivity contribution in [1.82, 2.24) is 4.90 Å². The highest BCUT2D eigenvalue weighted by atomic mass is 16.5. The summed E-state index contributed by atoms with van der Waals surface area (Å²) in [6.07, 6.45) is 3.39. The number of carbonyl (C=O) groups excluding carboxylic acids is 1. The lowest BCUT2D eigenvalue weighted by atomic mass is 10.1. The Kier molecular flexibility index (Phi) is 6.42. The average Bonchev–Trinajstić information content (AvgIpc) is 2.77. The Labute approximate surface area is 165 Å². The lowest BCUT2D eigenvalue weighted by molar-refractivity contribution is -0.126. The van der Waals surface area contributed by atoms with Crippen molar-refractivity contribution in [3.8, 4) is 17.2 Å². The number of hydrogen-bond donors (Lipinski definition) is 0. The Bertz CT molecular complexity index is 825. The second-order valence-corrected chi connectivity index (χ2v) is 6.45. The van der Waals surface area contributed by atoms with Crippen molar-refractivity contribution in [2.24, 2.45) is 0 Å². The van der Waals surface area contributed by atoms with Crippen molar-refractivity contribution in [2.45, 2.75) is 0 Å². The van der Waals surface area contributed by atoms with Crippen LogP contribution in [0.5, 0.6) is 17.2 Å². The van der Waals surface area contributed by atoms with E-state index < -0.39 is 0 Å². The lowest BCUT2D eigenvalue weighted by Crippen LogP contribution is -2.48. The molecule has 28 heavy (non-hydrogen) atoms. The molecule has 0 spiro atoms. The molecule has 2 aromatic carbocycles. The Hall–Kier alpha value is -3.15. The Balaban J connectivity index is 1.58. The van der Waals surface area contributed by atoms with Gasteiger partial charge in [0.25, 0.3) is 0 Å². The molecule has 1 aliphatic heterocycles. The topological polar surface area (TPSA) is 51.2 Å². The standard InChI is InChI=1S/C22H26N2O4/c1-26-19-9-6-18(7-10-19)23-12-14-24(15-13-23)22(25)11-5-17-4-8-20(27-2)16-21(17)28-3/h4-11,16H,12-15H2,1-3H3/b11-5+. The van der Waals surface area contributed by atoms with Crippen LogP contribution in [0.1, 0.15) is 5.56 Å². The molecule has 3 rings (SSSR count). The van der Waals surface area contributed by atoms with Gasteiger partial charge in [0.15, 0.2) is 0 Å². The van der Waals surface area contributed by atoms with Gasteiger partial charge in [-0.1, -0.05) is 0 Å². The number of rotatable bonds is 6. The predicted octanol–water partition coefficient (Wildman–Crippen LogP) is 3.07. The highest BCUT2D eigenvalue weighted by molar-refractivity contribution is 5.92. The molecule has 0 N–H and O–H groups in total. The summed E-state index contributed by atoms with van der Waals surface area (Å²) in [6, 6.07) is 13.5. The number of ether oxygens (including phenoxy) is 3. The van der Waals surface area contributed by atoms with Gasteiger partial charge in [-0.2, -0.15) is 0 Å². The molecule has 148 valence electrons. The van der Waals surface area contributed by atoms with Gasteiger partial charge >= 0.3 is 0 Å². The molecule has 0 unspecified atom stereocenters. The summed E-state index contributed by atoms with van der Waals surface area (Å²) in [6.45, 7) is 2.99. The smallest absolute Gasteiger partial charge is 0.246 e. The van der Waals surface area contributed by atoms with Gasteiger partial charge in [0.1, 0.15) is 17.2 Å². The number of hydrogen-bond acceptors (Lipinski definition) is 5. The fourth-order valence-corrected chi connectivity index (χ4v) is 3.20.